The van der Waals surface area contributed by atoms with Crippen molar-refractivity contribution < 1.29 is 19.1 Å². The van der Waals surface area contributed by atoms with Gasteiger partial charge in [0, 0.05) is 22.4 Å². The SMILES string of the molecule is [2H]C([2H])([2H])C([2H])([2H])C([2H])([2H])CCCCC/C=C\CCCCCCCC(=O)O[C@H]1CC[C@@]2(C)C(=CC[C@H]3[C@@H]4CC[C@H]([C@H](C)CCCC(C)C)[C@@]4(C)CC[C@@H]32)C1. The van der Waals surface area contributed by atoms with E-state index < -0.39 is 19.6 Å². The van der Waals surface area contributed by atoms with Gasteiger partial charge >= 0.3 is 5.97 Å². The summed E-state index contributed by atoms with van der Waals surface area (Å²) in [5, 5.41) is 0. The largest absolute Gasteiger partial charge is 0.462 e. The van der Waals surface area contributed by atoms with E-state index in [-0.39, 0.29) is 23.9 Å². The Morgan fingerprint density at radius 1 is 0.894 bits per heavy atom. The molecular formula is C45H78O2. The van der Waals surface area contributed by atoms with E-state index in [4.69, 9.17) is 14.3 Å². The molecule has 0 heterocycles. The van der Waals surface area contributed by atoms with Crippen molar-refractivity contribution >= 4 is 5.97 Å². The van der Waals surface area contributed by atoms with E-state index in [9.17, 15) is 4.79 Å². The molecule has 270 valence electrons. The Morgan fingerprint density at radius 2 is 1.62 bits per heavy atom. The molecule has 0 radical (unpaired) electrons. The summed E-state index contributed by atoms with van der Waals surface area (Å²) in [5.41, 5.74) is 2.40. The fraction of sp³-hybridized carbons (Fsp3) is 0.889. The van der Waals surface area contributed by atoms with E-state index in [2.05, 4.69) is 52.8 Å². The zero-order valence-electron chi connectivity index (χ0n) is 38.4. The normalized spacial score (nSPS) is 35.7. The van der Waals surface area contributed by atoms with Crippen molar-refractivity contribution in [3.8, 4) is 0 Å². The number of allylic oxidation sites excluding steroid dienone is 3. The summed E-state index contributed by atoms with van der Waals surface area (Å²) in [6.07, 6.45) is 25.8. The number of fused-ring (bicyclic) bond motifs is 5. The number of hydrogen-bond donors (Lipinski definition) is 0. The maximum Gasteiger partial charge on any atom is 0.306 e. The quantitative estimate of drug-likeness (QED) is 0.0697. The Hall–Kier alpha value is -1.05. The summed E-state index contributed by atoms with van der Waals surface area (Å²) >= 11 is 0. The number of ether oxygens (including phenoxy) is 1. The molecule has 0 spiro atoms. The third-order valence-electron chi connectivity index (χ3n) is 13.7. The molecule has 3 fully saturated rings. The minimum absolute atomic E-state index is 0.0131. The number of hydrogen-bond acceptors (Lipinski definition) is 2. The van der Waals surface area contributed by atoms with Crippen LogP contribution in [0.3, 0.4) is 0 Å². The lowest BCUT2D eigenvalue weighted by atomic mass is 9.47. The van der Waals surface area contributed by atoms with Gasteiger partial charge in [0.25, 0.3) is 0 Å². The highest BCUT2D eigenvalue weighted by Crippen LogP contribution is 2.67. The molecule has 3 saturated carbocycles. The number of carbonyl (C=O) groups is 1. The maximum atomic E-state index is 12.8. The van der Waals surface area contributed by atoms with Gasteiger partial charge in [-0.15, -0.1) is 0 Å². The van der Waals surface area contributed by atoms with Gasteiger partial charge in [-0.3, -0.25) is 4.79 Å². The van der Waals surface area contributed by atoms with Crippen LogP contribution in [0.1, 0.15) is 211 Å². The van der Waals surface area contributed by atoms with Crippen LogP contribution in [0.5, 0.6) is 0 Å². The van der Waals surface area contributed by atoms with Crippen molar-refractivity contribution in [2.75, 3.05) is 0 Å². The smallest absolute Gasteiger partial charge is 0.306 e. The molecule has 0 aromatic rings. The fourth-order valence-electron chi connectivity index (χ4n) is 11.0. The van der Waals surface area contributed by atoms with Crippen LogP contribution in [0.2, 0.25) is 0 Å². The Morgan fingerprint density at radius 3 is 2.36 bits per heavy atom. The van der Waals surface area contributed by atoms with Crippen LogP contribution in [0.25, 0.3) is 0 Å². The highest BCUT2D eigenvalue weighted by atomic mass is 16.5. The van der Waals surface area contributed by atoms with Crippen LogP contribution in [-0.2, 0) is 9.53 Å². The van der Waals surface area contributed by atoms with E-state index >= 15 is 0 Å². The monoisotopic (exact) mass is 658 g/mol. The molecule has 2 nitrogen and oxygen atoms in total. The van der Waals surface area contributed by atoms with Gasteiger partial charge < -0.3 is 4.74 Å². The van der Waals surface area contributed by atoms with Crippen LogP contribution in [0, 0.1) is 46.3 Å². The van der Waals surface area contributed by atoms with Crippen molar-refractivity contribution in [1.29, 1.82) is 0 Å². The van der Waals surface area contributed by atoms with Gasteiger partial charge in [-0.05, 0) is 123 Å². The number of unbranched alkanes of at least 4 members (excludes halogenated alkanes) is 8. The standard InChI is InChI=1S/C45H78O2/c1-7-8-9-10-11-12-13-14-15-16-17-18-19-20-21-25-43(46)47-38-30-32-44(5)37(34-38)26-27-39-41-29-28-40(36(4)24-22-23-35(2)3)45(41,6)33-31-42(39)44/h14-15,26,35-36,38-42H,7-13,16-25,27-34H2,1-6H3/b15-14-/t36-,38+,39+,40-,41+,42+,44+,45-/m1/s1/i1D3,7D2,8D2. The van der Waals surface area contributed by atoms with Crippen molar-refractivity contribution in [3.05, 3.63) is 23.8 Å². The fourth-order valence-corrected chi connectivity index (χ4v) is 11.0. The second kappa shape index (κ2) is 19.4. The summed E-state index contributed by atoms with van der Waals surface area (Å²) in [6, 6.07) is 0. The van der Waals surface area contributed by atoms with Crippen molar-refractivity contribution in [1.82, 2.24) is 0 Å². The first kappa shape index (κ1) is 29.7. The average Bonchev–Trinajstić information content (AvgIpc) is 3.45. The molecule has 0 aromatic carbocycles. The number of carbonyl (C=O) groups excluding carboxylic acids is 1. The summed E-state index contributed by atoms with van der Waals surface area (Å²) in [7, 11) is 0. The first-order chi connectivity index (χ1) is 25.3. The van der Waals surface area contributed by atoms with Crippen LogP contribution < -0.4 is 0 Å². The first-order valence-corrected chi connectivity index (χ1v) is 20.4. The van der Waals surface area contributed by atoms with Gasteiger partial charge in [-0.25, -0.2) is 0 Å². The molecule has 8 atom stereocenters. The van der Waals surface area contributed by atoms with Gasteiger partial charge in [0.05, 0.1) is 0 Å². The average molecular weight is 658 g/mol. The van der Waals surface area contributed by atoms with Crippen molar-refractivity contribution in [3.63, 3.8) is 0 Å². The first-order valence-electron chi connectivity index (χ1n) is 23.9. The second-order valence-corrected chi connectivity index (χ2v) is 17.3. The summed E-state index contributed by atoms with van der Waals surface area (Å²) in [6.45, 7) is 9.57. The second-order valence-electron chi connectivity index (χ2n) is 17.3. The van der Waals surface area contributed by atoms with E-state index in [1.54, 1.807) is 5.57 Å². The molecule has 0 N–H and O–H groups in total. The van der Waals surface area contributed by atoms with Gasteiger partial charge in [-0.2, -0.15) is 0 Å². The van der Waals surface area contributed by atoms with E-state index in [1.807, 2.05) is 0 Å². The van der Waals surface area contributed by atoms with Crippen molar-refractivity contribution in [2.45, 2.75) is 208 Å². The van der Waals surface area contributed by atoms with Crippen LogP contribution in [-0.4, -0.2) is 12.1 Å². The lowest BCUT2D eigenvalue weighted by Gasteiger charge is -2.58. The zero-order valence-corrected chi connectivity index (χ0v) is 31.4. The number of rotatable bonds is 21. The lowest BCUT2D eigenvalue weighted by molar-refractivity contribution is -0.151. The Kier molecular flexibility index (Phi) is 12.2. The molecule has 4 aliphatic rings. The minimum atomic E-state index is -2.97. The predicted molar refractivity (Wildman–Crippen MR) is 202 cm³/mol. The molecular weight excluding hydrogens is 572 g/mol. The van der Waals surface area contributed by atoms with Crippen LogP contribution in [0.15, 0.2) is 23.8 Å². The highest BCUT2D eigenvalue weighted by Gasteiger charge is 2.59. The summed E-state index contributed by atoms with van der Waals surface area (Å²) in [4.78, 5) is 12.8. The van der Waals surface area contributed by atoms with Gasteiger partial charge in [0.1, 0.15) is 6.10 Å². The Labute approximate surface area is 303 Å². The van der Waals surface area contributed by atoms with Gasteiger partial charge in [0.2, 0.25) is 0 Å². The van der Waals surface area contributed by atoms with Crippen LogP contribution >= 0.6 is 0 Å². The molecule has 0 aliphatic heterocycles. The summed E-state index contributed by atoms with van der Waals surface area (Å²) in [5.74, 6) is 5.05. The minimum Gasteiger partial charge on any atom is -0.462 e. The molecule has 0 unspecified atom stereocenters. The van der Waals surface area contributed by atoms with Crippen LogP contribution in [0.4, 0.5) is 0 Å². The maximum absolute atomic E-state index is 12.8. The molecule has 0 saturated heterocycles. The van der Waals surface area contributed by atoms with E-state index in [0.29, 0.717) is 18.3 Å². The predicted octanol–water partition coefficient (Wildman–Crippen LogP) is 14.0. The third-order valence-corrected chi connectivity index (χ3v) is 13.7. The zero-order chi connectivity index (χ0) is 39.8. The molecule has 0 bridgehead atoms. The molecule has 4 aliphatic carbocycles. The molecule has 47 heavy (non-hydrogen) atoms. The molecule has 0 aromatic heterocycles. The van der Waals surface area contributed by atoms with E-state index in [1.165, 1.54) is 51.4 Å². The lowest BCUT2D eigenvalue weighted by Crippen LogP contribution is -2.51. The summed E-state index contributed by atoms with van der Waals surface area (Å²) < 4.78 is 59.2. The van der Waals surface area contributed by atoms with Crippen molar-refractivity contribution in [2.24, 2.45) is 46.3 Å². The van der Waals surface area contributed by atoms with Gasteiger partial charge in [-0.1, -0.05) is 136 Å². The number of esters is 1. The molecule has 4 rings (SSSR count). The Bertz CT molecular complexity index is 1240. The Balaban J connectivity index is 1.07. The topological polar surface area (TPSA) is 26.3 Å². The molecule has 2 heteroatoms. The third kappa shape index (κ3) is 10.7. The van der Waals surface area contributed by atoms with Gasteiger partial charge in [0.15, 0.2) is 0 Å². The van der Waals surface area contributed by atoms with E-state index in [0.717, 1.165) is 113 Å². The molecule has 0 amide bonds. The highest BCUT2D eigenvalue weighted by molar-refractivity contribution is 5.69.